The first-order chi connectivity index (χ1) is 16.6. The van der Waals surface area contributed by atoms with E-state index in [2.05, 4.69) is 15.4 Å². The van der Waals surface area contributed by atoms with Crippen LogP contribution in [0.15, 0.2) is 18.2 Å². The van der Waals surface area contributed by atoms with Crippen LogP contribution in [0.4, 0.5) is 4.79 Å². The summed E-state index contributed by atoms with van der Waals surface area (Å²) in [5.74, 6) is -1.35. The molecule has 4 N–H and O–H groups in total. The van der Waals surface area contributed by atoms with Crippen molar-refractivity contribution in [3.05, 3.63) is 34.3 Å². The van der Waals surface area contributed by atoms with Crippen LogP contribution < -0.4 is 15.4 Å². The quantitative estimate of drug-likeness (QED) is 0.378. The first-order valence-corrected chi connectivity index (χ1v) is 13.9. The van der Waals surface area contributed by atoms with Gasteiger partial charge in [0.2, 0.25) is 15.9 Å². The fourth-order valence-electron chi connectivity index (χ4n) is 5.65. The number of carboxylic acid groups (broad SMARTS) is 1. The highest BCUT2D eigenvalue weighted by molar-refractivity contribution is 7.91. The molecule has 206 valence electrons. The standard InChI is InChI=1S/C23H29ClN4O6S.2ClH/c1-2-13-9-23(13,21(30)27-35(33,34)14-6-7-14)26-20(29)18-8-12(10-25-18)19-15-4-3-5-17(24)16(15)11-28(19)22(31)32;;/h3-5,12-14,18-19,25H,2,6-11H2,1H3,(H,26,29)(H,27,30)(H,31,32);2*1H/t12-,13-,18+,19?,23-;;/m1../s1. The molecule has 5 atom stereocenters. The second-order valence-electron chi connectivity index (χ2n) is 10.1. The van der Waals surface area contributed by atoms with E-state index >= 15 is 0 Å². The topological polar surface area (TPSA) is 145 Å². The van der Waals surface area contributed by atoms with Crippen LogP contribution in [0.2, 0.25) is 5.02 Å². The average molecular weight is 598 g/mol. The third kappa shape index (κ3) is 5.38. The third-order valence-electron chi connectivity index (χ3n) is 7.86. The molecule has 3 fully saturated rings. The monoisotopic (exact) mass is 596 g/mol. The molecule has 1 unspecified atom stereocenters. The van der Waals surface area contributed by atoms with Crippen molar-refractivity contribution in [2.75, 3.05) is 6.54 Å². The zero-order chi connectivity index (χ0) is 25.1. The Bertz CT molecular complexity index is 1200. The molecule has 14 heteroatoms. The number of nitrogens with zero attached hydrogens (tertiary/aromatic N) is 1. The van der Waals surface area contributed by atoms with Gasteiger partial charge in [0, 0.05) is 11.6 Å². The number of fused-ring (bicyclic) bond motifs is 1. The molecule has 2 saturated carbocycles. The van der Waals surface area contributed by atoms with E-state index < -0.39 is 44.9 Å². The van der Waals surface area contributed by atoms with Gasteiger partial charge in [-0.15, -0.1) is 24.8 Å². The molecule has 2 aliphatic carbocycles. The van der Waals surface area contributed by atoms with Crippen LogP contribution in [0.1, 0.15) is 56.2 Å². The third-order valence-corrected chi connectivity index (χ3v) is 10.0. The van der Waals surface area contributed by atoms with Crippen LogP contribution in [0, 0.1) is 11.8 Å². The number of sulfonamides is 1. The van der Waals surface area contributed by atoms with Crippen molar-refractivity contribution in [3.8, 4) is 0 Å². The second-order valence-corrected chi connectivity index (χ2v) is 12.4. The van der Waals surface area contributed by atoms with Crippen molar-refractivity contribution < 1.29 is 27.9 Å². The second kappa shape index (κ2) is 10.8. The molecule has 0 spiro atoms. The lowest BCUT2D eigenvalue weighted by molar-refractivity contribution is -0.130. The first kappa shape index (κ1) is 29.8. The van der Waals surface area contributed by atoms with Gasteiger partial charge in [-0.1, -0.05) is 37.1 Å². The van der Waals surface area contributed by atoms with Gasteiger partial charge in [-0.25, -0.2) is 13.2 Å². The average Bonchev–Trinajstić information content (AvgIpc) is 3.68. The molecule has 2 heterocycles. The number of amides is 3. The number of carbonyl (C=O) groups is 3. The van der Waals surface area contributed by atoms with Crippen molar-refractivity contribution in [2.24, 2.45) is 11.8 Å². The molecular weight excluding hydrogens is 567 g/mol. The van der Waals surface area contributed by atoms with Gasteiger partial charge < -0.3 is 15.7 Å². The molecule has 1 aromatic rings. The van der Waals surface area contributed by atoms with E-state index in [4.69, 9.17) is 11.6 Å². The maximum atomic E-state index is 13.2. The highest BCUT2D eigenvalue weighted by Gasteiger charge is 2.61. The van der Waals surface area contributed by atoms with Gasteiger partial charge in [-0.3, -0.25) is 19.2 Å². The number of hydrogen-bond donors (Lipinski definition) is 4. The van der Waals surface area contributed by atoms with Crippen LogP contribution in [-0.4, -0.2) is 59.7 Å². The molecule has 5 rings (SSSR count). The Balaban J connectivity index is 0.00000190. The number of halogens is 3. The lowest BCUT2D eigenvalue weighted by Gasteiger charge is -2.27. The number of rotatable bonds is 7. The number of hydrogen-bond acceptors (Lipinski definition) is 6. The summed E-state index contributed by atoms with van der Waals surface area (Å²) in [5, 5.41) is 15.8. The predicted octanol–water partition coefficient (Wildman–Crippen LogP) is 2.59. The van der Waals surface area contributed by atoms with Crippen LogP contribution in [-0.2, 0) is 26.2 Å². The van der Waals surface area contributed by atoms with Crippen molar-refractivity contribution in [3.63, 3.8) is 0 Å². The number of carbonyl (C=O) groups excluding carboxylic acids is 2. The lowest BCUT2D eigenvalue weighted by atomic mass is 9.90. The van der Waals surface area contributed by atoms with E-state index in [0.717, 1.165) is 11.1 Å². The summed E-state index contributed by atoms with van der Waals surface area (Å²) in [6.07, 6.45) is 1.42. The molecule has 0 radical (unpaired) electrons. The summed E-state index contributed by atoms with van der Waals surface area (Å²) in [6.45, 7) is 2.51. The molecule has 10 nitrogen and oxygen atoms in total. The SMILES string of the molecule is CC[C@@H]1C[C@]1(NC(=O)[C@@H]1C[C@@H](C2c3cccc(Cl)c3CN2C(=O)O)CN1)C(=O)NS(=O)(=O)C1CC1.Cl.Cl. The molecule has 37 heavy (non-hydrogen) atoms. The van der Waals surface area contributed by atoms with Crippen molar-refractivity contribution in [1.29, 1.82) is 0 Å². The Morgan fingerprint density at radius 3 is 2.54 bits per heavy atom. The van der Waals surface area contributed by atoms with Crippen LogP contribution >= 0.6 is 36.4 Å². The summed E-state index contributed by atoms with van der Waals surface area (Å²) in [5.41, 5.74) is 0.404. The molecule has 3 amide bonds. The summed E-state index contributed by atoms with van der Waals surface area (Å²) in [4.78, 5) is 39.5. The van der Waals surface area contributed by atoms with Crippen LogP contribution in [0.3, 0.4) is 0 Å². The molecule has 1 saturated heterocycles. The molecule has 0 aromatic heterocycles. The highest BCUT2D eigenvalue weighted by Crippen LogP contribution is 2.47. The van der Waals surface area contributed by atoms with Crippen LogP contribution in [0.25, 0.3) is 0 Å². The van der Waals surface area contributed by atoms with Gasteiger partial charge in [0.1, 0.15) is 5.54 Å². The molecule has 0 bridgehead atoms. The minimum atomic E-state index is -3.72. The minimum absolute atomic E-state index is 0. The summed E-state index contributed by atoms with van der Waals surface area (Å²) in [6, 6.07) is 4.35. The Kier molecular flexibility index (Phi) is 8.66. The van der Waals surface area contributed by atoms with E-state index in [1.54, 1.807) is 12.1 Å². The Labute approximate surface area is 233 Å². The number of benzene rings is 1. The predicted molar refractivity (Wildman–Crippen MR) is 142 cm³/mol. The Morgan fingerprint density at radius 2 is 1.95 bits per heavy atom. The fourth-order valence-corrected chi connectivity index (χ4v) is 7.26. The van der Waals surface area contributed by atoms with Crippen LogP contribution in [0.5, 0.6) is 0 Å². The highest BCUT2D eigenvalue weighted by atomic mass is 35.5. The van der Waals surface area contributed by atoms with Gasteiger partial charge in [0.15, 0.2) is 0 Å². The molecule has 2 aliphatic heterocycles. The van der Waals surface area contributed by atoms with E-state index in [-0.39, 0.29) is 49.1 Å². The number of nitrogens with one attached hydrogen (secondary N) is 3. The van der Waals surface area contributed by atoms with Crippen molar-refractivity contribution in [2.45, 2.75) is 68.4 Å². The maximum absolute atomic E-state index is 13.2. The zero-order valence-electron chi connectivity index (χ0n) is 20.1. The van der Waals surface area contributed by atoms with Gasteiger partial charge in [0.25, 0.3) is 5.91 Å². The summed E-state index contributed by atoms with van der Waals surface area (Å²) >= 11 is 6.32. The van der Waals surface area contributed by atoms with Gasteiger partial charge in [-0.2, -0.15) is 0 Å². The Hall–Kier alpha value is -1.79. The van der Waals surface area contributed by atoms with Gasteiger partial charge in [0.05, 0.1) is 23.9 Å². The fraction of sp³-hybridized carbons (Fsp3) is 0.609. The zero-order valence-corrected chi connectivity index (χ0v) is 23.3. The Morgan fingerprint density at radius 1 is 1.24 bits per heavy atom. The van der Waals surface area contributed by atoms with Gasteiger partial charge >= 0.3 is 6.09 Å². The van der Waals surface area contributed by atoms with E-state index in [9.17, 15) is 27.9 Å². The first-order valence-electron chi connectivity index (χ1n) is 12.0. The maximum Gasteiger partial charge on any atom is 0.408 e. The largest absolute Gasteiger partial charge is 0.465 e. The molecular formula is C23H31Cl3N4O6S. The van der Waals surface area contributed by atoms with E-state index in [1.807, 2.05) is 13.0 Å². The molecule has 4 aliphatic rings. The smallest absolute Gasteiger partial charge is 0.408 e. The normalized spacial score (nSPS) is 29.9. The van der Waals surface area contributed by atoms with Gasteiger partial charge in [-0.05, 0) is 54.7 Å². The van der Waals surface area contributed by atoms with Crippen molar-refractivity contribution >= 4 is 64.3 Å². The molecule has 1 aromatic carbocycles. The summed E-state index contributed by atoms with van der Waals surface area (Å²) in [7, 11) is -3.72. The lowest BCUT2D eigenvalue weighted by Crippen LogP contribution is -2.55. The van der Waals surface area contributed by atoms with Crippen molar-refractivity contribution in [1.82, 2.24) is 20.3 Å². The minimum Gasteiger partial charge on any atom is -0.465 e. The summed E-state index contributed by atoms with van der Waals surface area (Å²) < 4.78 is 26.8. The van der Waals surface area contributed by atoms with E-state index in [0.29, 0.717) is 43.7 Å². The van der Waals surface area contributed by atoms with E-state index in [1.165, 1.54) is 4.90 Å².